The van der Waals surface area contributed by atoms with Crippen LogP contribution in [0.15, 0.2) is 103 Å². The highest BCUT2D eigenvalue weighted by atomic mass is 35.5. The summed E-state index contributed by atoms with van der Waals surface area (Å²) in [7, 11) is 0. The van der Waals surface area contributed by atoms with Crippen LogP contribution in [0.2, 0.25) is 15.1 Å². The van der Waals surface area contributed by atoms with Gasteiger partial charge in [-0.25, -0.2) is 4.79 Å². The molecule has 2 aliphatic heterocycles. The van der Waals surface area contributed by atoms with Crippen molar-refractivity contribution in [2.75, 3.05) is 13.2 Å². The van der Waals surface area contributed by atoms with Crippen molar-refractivity contribution in [2.24, 2.45) is 0 Å². The molecule has 0 radical (unpaired) electrons. The number of rotatable bonds is 21. The normalized spacial score (nSPS) is 27.6. The van der Waals surface area contributed by atoms with Gasteiger partial charge in [-0.15, -0.1) is 0 Å². The van der Waals surface area contributed by atoms with Gasteiger partial charge in [-0.1, -0.05) is 89.4 Å². The van der Waals surface area contributed by atoms with Crippen molar-refractivity contribution in [3.63, 3.8) is 0 Å². The molecule has 0 spiro atoms. The average Bonchev–Trinajstić information content (AvgIpc) is 3.32. The second kappa shape index (κ2) is 24.4. The van der Waals surface area contributed by atoms with E-state index < -0.39 is 105 Å². The maximum atomic E-state index is 12.9. The van der Waals surface area contributed by atoms with E-state index >= 15 is 0 Å². The molecular formula is C46H51Cl3O16. The van der Waals surface area contributed by atoms with E-state index in [1.165, 1.54) is 12.1 Å². The quantitative estimate of drug-likeness (QED) is 0.0516. The fourth-order valence-electron chi connectivity index (χ4n) is 7.20. The van der Waals surface area contributed by atoms with Gasteiger partial charge in [0.2, 0.25) is 0 Å². The van der Waals surface area contributed by atoms with Gasteiger partial charge in [0.25, 0.3) is 0 Å². The highest BCUT2D eigenvalue weighted by molar-refractivity contribution is 6.31. The number of aliphatic hydroxyl groups excluding tert-OH is 6. The van der Waals surface area contributed by atoms with Gasteiger partial charge < -0.3 is 73.3 Å². The first-order chi connectivity index (χ1) is 31.3. The highest BCUT2D eigenvalue weighted by Gasteiger charge is 2.54. The number of hydrogen-bond acceptors (Lipinski definition) is 16. The van der Waals surface area contributed by atoms with Gasteiger partial charge in [0.1, 0.15) is 73.8 Å². The molecule has 0 aromatic heterocycles. The first kappa shape index (κ1) is 50.8. The third kappa shape index (κ3) is 13.7. The Morgan fingerprint density at radius 3 is 1.69 bits per heavy atom. The Morgan fingerprint density at radius 1 is 0.677 bits per heavy atom. The van der Waals surface area contributed by atoms with Crippen molar-refractivity contribution in [1.29, 1.82) is 0 Å². The van der Waals surface area contributed by atoms with Gasteiger partial charge in [0, 0.05) is 15.1 Å². The molecule has 0 saturated carbocycles. The van der Waals surface area contributed by atoms with E-state index in [0.717, 1.165) is 11.1 Å². The first-order valence-corrected chi connectivity index (χ1v) is 21.8. The molecule has 6 N–H and O–H groups in total. The van der Waals surface area contributed by atoms with Gasteiger partial charge in [-0.05, 0) is 72.1 Å². The lowest BCUT2D eigenvalue weighted by molar-refractivity contribution is -0.382. The standard InChI is InChI=1S/C46H51Cl3O16/c1-25-39(58-21-26-7-13-30(47)14-8-26)42(59-22-27-9-15-31(48)16-10-27)43(60-23-28-11-17-32(49)18-12-28)46(62-25)65-41-38(56)37(55)35(24-61-44(57)29-5-3-2-4-6-29)63-45(41)64-40(34(53)20-51)36(54)33(52)19-50/h2-19,25,33-43,45-46,51-56H,20-24H2,1H3/t25-,33-,34+,35+,36+,37-,38-,39+,40+,41+,42+,43-,45-,46-/m0/s1. The van der Waals surface area contributed by atoms with E-state index in [0.29, 0.717) is 20.6 Å². The minimum atomic E-state index is -2.15. The molecule has 2 saturated heterocycles. The number of aldehydes is 1. The zero-order valence-corrected chi connectivity index (χ0v) is 37.2. The van der Waals surface area contributed by atoms with Crippen LogP contribution in [0.5, 0.6) is 0 Å². The number of halogens is 3. The van der Waals surface area contributed by atoms with Crippen LogP contribution in [0.4, 0.5) is 0 Å². The van der Waals surface area contributed by atoms with Crippen molar-refractivity contribution in [3.8, 4) is 0 Å². The van der Waals surface area contributed by atoms with Crippen LogP contribution in [-0.2, 0) is 62.5 Å². The molecule has 16 nitrogen and oxygen atoms in total. The van der Waals surface area contributed by atoms with Crippen molar-refractivity contribution in [1.82, 2.24) is 0 Å². The van der Waals surface area contributed by atoms with Crippen LogP contribution in [0.3, 0.4) is 0 Å². The van der Waals surface area contributed by atoms with Crippen molar-refractivity contribution in [3.05, 3.63) is 140 Å². The summed E-state index contributed by atoms with van der Waals surface area (Å²) in [6.45, 7) is 0.124. The molecule has 19 heteroatoms. The molecule has 6 rings (SSSR count). The van der Waals surface area contributed by atoms with Crippen LogP contribution >= 0.6 is 34.8 Å². The number of carbonyl (C=O) groups excluding carboxylic acids is 2. The largest absolute Gasteiger partial charge is 0.459 e. The molecule has 0 unspecified atom stereocenters. The number of benzene rings is 4. The average molecular weight is 966 g/mol. The molecule has 2 aliphatic rings. The van der Waals surface area contributed by atoms with Crippen LogP contribution in [-0.4, -0.2) is 142 Å². The van der Waals surface area contributed by atoms with Crippen molar-refractivity contribution < 1.29 is 78.1 Å². The SMILES string of the molecule is C[C@@H]1O[C@@H](O[C@H]2[C@H](O[C@@H]([C@H](O)[C@@H](O)C=O)[C@H](O)CO)O[C@H](COC(=O)c3ccccc3)[C@H](O)[C@@H]2O)[C@@H](OCc2ccc(Cl)cc2)[C@H](OCc2ccc(Cl)cc2)[C@@H]1OCc1ccc(Cl)cc1. The Kier molecular flexibility index (Phi) is 19.1. The number of carbonyl (C=O) groups is 2. The number of esters is 1. The number of ether oxygens (including phenoxy) is 8. The lowest BCUT2D eigenvalue weighted by Crippen LogP contribution is -2.66. The predicted octanol–water partition coefficient (Wildman–Crippen LogP) is 3.80. The second-order valence-corrected chi connectivity index (χ2v) is 16.8. The monoisotopic (exact) mass is 964 g/mol. The second-order valence-electron chi connectivity index (χ2n) is 15.5. The lowest BCUT2D eigenvalue weighted by atomic mass is 9.96. The van der Waals surface area contributed by atoms with Crippen LogP contribution in [0.1, 0.15) is 34.0 Å². The van der Waals surface area contributed by atoms with Gasteiger partial charge in [0.15, 0.2) is 18.9 Å². The molecule has 65 heavy (non-hydrogen) atoms. The Labute approximate surface area is 390 Å². The summed E-state index contributed by atoms with van der Waals surface area (Å²) in [6, 6.07) is 28.8. The van der Waals surface area contributed by atoms with Crippen LogP contribution < -0.4 is 0 Å². The fraction of sp³-hybridized carbons (Fsp3) is 0.435. The Morgan fingerprint density at radius 2 is 1.18 bits per heavy atom. The molecular weight excluding hydrogens is 915 g/mol. The molecule has 352 valence electrons. The first-order valence-electron chi connectivity index (χ1n) is 20.6. The smallest absolute Gasteiger partial charge is 0.338 e. The zero-order chi connectivity index (χ0) is 46.6. The molecule has 4 aromatic carbocycles. The van der Waals surface area contributed by atoms with Crippen molar-refractivity contribution >= 4 is 47.1 Å². The molecule has 0 amide bonds. The fourth-order valence-corrected chi connectivity index (χ4v) is 7.58. The minimum Gasteiger partial charge on any atom is -0.459 e. The Balaban J connectivity index is 1.35. The summed E-state index contributed by atoms with van der Waals surface area (Å²) in [6.07, 6.45) is -22.5. The number of aliphatic hydroxyl groups is 6. The Bertz CT molecular complexity index is 2070. The minimum absolute atomic E-state index is 0.0131. The zero-order valence-electron chi connectivity index (χ0n) is 34.9. The predicted molar refractivity (Wildman–Crippen MR) is 233 cm³/mol. The molecule has 0 aliphatic carbocycles. The van der Waals surface area contributed by atoms with E-state index in [-0.39, 0.29) is 31.7 Å². The van der Waals surface area contributed by atoms with Gasteiger partial charge in [0.05, 0.1) is 38.1 Å². The van der Waals surface area contributed by atoms with E-state index in [1.54, 1.807) is 97.9 Å². The van der Waals surface area contributed by atoms with Crippen molar-refractivity contribution in [2.45, 2.75) is 113 Å². The van der Waals surface area contributed by atoms with Gasteiger partial charge in [-0.2, -0.15) is 0 Å². The van der Waals surface area contributed by atoms with E-state index in [4.69, 9.17) is 72.7 Å². The maximum absolute atomic E-state index is 12.9. The third-order valence-electron chi connectivity index (χ3n) is 10.8. The molecule has 2 fully saturated rings. The van der Waals surface area contributed by atoms with Gasteiger partial charge >= 0.3 is 5.97 Å². The third-order valence-corrected chi connectivity index (χ3v) is 11.6. The highest BCUT2D eigenvalue weighted by Crippen LogP contribution is 2.35. The summed E-state index contributed by atoms with van der Waals surface area (Å²) in [5.74, 6) is -0.785. The molecule has 4 aromatic rings. The Hall–Kier alpha value is -3.63. The summed E-state index contributed by atoms with van der Waals surface area (Å²) in [5, 5.41) is 66.8. The maximum Gasteiger partial charge on any atom is 0.338 e. The van der Waals surface area contributed by atoms with E-state index in [1.807, 2.05) is 0 Å². The summed E-state index contributed by atoms with van der Waals surface area (Å²) >= 11 is 18.5. The summed E-state index contributed by atoms with van der Waals surface area (Å²) < 4.78 is 50.1. The molecule has 14 atom stereocenters. The van der Waals surface area contributed by atoms with Gasteiger partial charge in [-0.3, -0.25) is 0 Å². The molecule has 0 bridgehead atoms. The van der Waals surface area contributed by atoms with E-state index in [9.17, 15) is 40.2 Å². The molecule has 2 heterocycles. The number of hydrogen-bond donors (Lipinski definition) is 6. The van der Waals surface area contributed by atoms with Crippen LogP contribution in [0, 0.1) is 0 Å². The van der Waals surface area contributed by atoms with E-state index in [2.05, 4.69) is 0 Å². The summed E-state index contributed by atoms with van der Waals surface area (Å²) in [4.78, 5) is 24.4. The lowest BCUT2D eigenvalue weighted by Gasteiger charge is -2.49. The van der Waals surface area contributed by atoms with Crippen LogP contribution in [0.25, 0.3) is 0 Å². The topological polar surface area (TPSA) is 229 Å². The summed E-state index contributed by atoms with van der Waals surface area (Å²) in [5.41, 5.74) is 2.41.